The van der Waals surface area contributed by atoms with Crippen LogP contribution in [0.25, 0.3) is 0 Å². The normalized spacial score (nSPS) is 39.2. The Labute approximate surface area is 133 Å². The van der Waals surface area contributed by atoms with Crippen molar-refractivity contribution in [2.75, 3.05) is 0 Å². The fourth-order valence-corrected chi connectivity index (χ4v) is 6.07. The van der Waals surface area contributed by atoms with E-state index in [9.17, 15) is 0 Å². The van der Waals surface area contributed by atoms with Crippen LogP contribution in [0.4, 0.5) is 0 Å². The SMILES string of the molecule is CC1=C[C@]2(C)CC[C@H]3C(C)(C)c4oncc4C[C@]3(C)C2=CC1. The molecule has 3 aliphatic carbocycles. The minimum absolute atomic E-state index is 0.0667. The molecule has 0 saturated heterocycles. The van der Waals surface area contributed by atoms with Crippen LogP contribution in [-0.4, -0.2) is 5.16 Å². The summed E-state index contributed by atoms with van der Waals surface area (Å²) in [5.74, 6) is 1.76. The summed E-state index contributed by atoms with van der Waals surface area (Å²) < 4.78 is 5.66. The van der Waals surface area contributed by atoms with Crippen LogP contribution < -0.4 is 0 Å². The van der Waals surface area contributed by atoms with Crippen molar-refractivity contribution < 1.29 is 4.52 Å². The average molecular weight is 297 g/mol. The van der Waals surface area contributed by atoms with E-state index in [1.807, 2.05) is 6.20 Å². The first-order chi connectivity index (χ1) is 10.3. The van der Waals surface area contributed by atoms with Crippen LogP contribution >= 0.6 is 0 Å². The predicted octanol–water partition coefficient (Wildman–Crippen LogP) is 5.21. The molecule has 0 N–H and O–H groups in total. The van der Waals surface area contributed by atoms with Gasteiger partial charge in [0.1, 0.15) is 5.76 Å². The maximum atomic E-state index is 5.66. The highest BCUT2D eigenvalue weighted by molar-refractivity contribution is 5.43. The van der Waals surface area contributed by atoms with Gasteiger partial charge in [-0.15, -0.1) is 0 Å². The minimum atomic E-state index is 0.0667. The van der Waals surface area contributed by atoms with Crippen LogP contribution in [0.15, 0.2) is 34.0 Å². The lowest BCUT2D eigenvalue weighted by molar-refractivity contribution is 0.0403. The average Bonchev–Trinajstić information content (AvgIpc) is 2.85. The second-order valence-electron chi connectivity index (χ2n) is 8.82. The first-order valence-electron chi connectivity index (χ1n) is 8.61. The third-order valence-corrected chi connectivity index (χ3v) is 6.80. The minimum Gasteiger partial charge on any atom is -0.361 e. The molecule has 3 aliphatic rings. The molecule has 1 aromatic heterocycles. The first-order valence-corrected chi connectivity index (χ1v) is 8.61. The highest BCUT2D eigenvalue weighted by Gasteiger charge is 2.58. The summed E-state index contributed by atoms with van der Waals surface area (Å²) in [6, 6.07) is 0. The van der Waals surface area contributed by atoms with Crippen molar-refractivity contribution in [3.8, 4) is 0 Å². The summed E-state index contributed by atoms with van der Waals surface area (Å²) in [6.07, 6.45) is 11.7. The molecule has 0 amide bonds. The number of aromatic nitrogens is 1. The number of hydrogen-bond acceptors (Lipinski definition) is 2. The van der Waals surface area contributed by atoms with E-state index in [1.54, 1.807) is 5.57 Å². The molecule has 1 aromatic rings. The van der Waals surface area contributed by atoms with E-state index in [1.165, 1.54) is 24.0 Å². The molecule has 22 heavy (non-hydrogen) atoms. The zero-order valence-corrected chi connectivity index (χ0v) is 14.5. The third kappa shape index (κ3) is 1.64. The molecule has 2 heteroatoms. The van der Waals surface area contributed by atoms with Crippen molar-refractivity contribution in [3.05, 3.63) is 40.8 Å². The topological polar surface area (TPSA) is 26.0 Å². The Morgan fingerprint density at radius 2 is 2.00 bits per heavy atom. The Bertz CT molecular complexity index is 692. The molecule has 0 radical (unpaired) electrons. The van der Waals surface area contributed by atoms with E-state index in [0.717, 1.165) is 18.6 Å². The molecule has 3 atom stereocenters. The molecule has 0 aliphatic heterocycles. The standard InChI is InChI=1S/C20H27NO/c1-13-6-7-16-19(4,10-13)9-8-15-18(2,3)17-14(12-21-22-17)11-20(15,16)5/h7,10,12,15H,6,8-9,11H2,1-5H3/t15-,19-,20-/m0/s1. The van der Waals surface area contributed by atoms with Crippen molar-refractivity contribution in [2.45, 2.75) is 65.7 Å². The molecule has 1 heterocycles. The zero-order valence-electron chi connectivity index (χ0n) is 14.5. The Morgan fingerprint density at radius 1 is 1.23 bits per heavy atom. The smallest absolute Gasteiger partial charge is 0.145 e. The van der Waals surface area contributed by atoms with Gasteiger partial charge in [-0.1, -0.05) is 56.1 Å². The van der Waals surface area contributed by atoms with Crippen molar-refractivity contribution in [1.82, 2.24) is 5.16 Å². The molecule has 4 rings (SSSR count). The van der Waals surface area contributed by atoms with Crippen molar-refractivity contribution in [3.63, 3.8) is 0 Å². The van der Waals surface area contributed by atoms with Gasteiger partial charge in [-0.2, -0.15) is 0 Å². The molecule has 118 valence electrons. The second kappa shape index (κ2) is 4.15. The number of hydrogen-bond donors (Lipinski definition) is 0. The van der Waals surface area contributed by atoms with E-state index in [2.05, 4.69) is 51.9 Å². The van der Waals surface area contributed by atoms with Gasteiger partial charge < -0.3 is 4.52 Å². The fraction of sp³-hybridized carbons (Fsp3) is 0.650. The van der Waals surface area contributed by atoms with E-state index >= 15 is 0 Å². The van der Waals surface area contributed by atoms with Gasteiger partial charge in [0.2, 0.25) is 0 Å². The van der Waals surface area contributed by atoms with Gasteiger partial charge in [0.25, 0.3) is 0 Å². The largest absolute Gasteiger partial charge is 0.361 e. The summed E-state index contributed by atoms with van der Waals surface area (Å²) in [4.78, 5) is 0. The second-order valence-corrected chi connectivity index (χ2v) is 8.82. The van der Waals surface area contributed by atoms with E-state index in [4.69, 9.17) is 4.52 Å². The highest BCUT2D eigenvalue weighted by Crippen LogP contribution is 2.64. The molecular formula is C20H27NO. The van der Waals surface area contributed by atoms with E-state index < -0.39 is 0 Å². The first kappa shape index (κ1) is 14.3. The van der Waals surface area contributed by atoms with E-state index in [-0.39, 0.29) is 16.2 Å². The van der Waals surface area contributed by atoms with Crippen LogP contribution in [0, 0.1) is 16.7 Å². The number of nitrogens with zero attached hydrogens (tertiary/aromatic N) is 1. The van der Waals surface area contributed by atoms with Gasteiger partial charge >= 0.3 is 0 Å². The highest BCUT2D eigenvalue weighted by atomic mass is 16.5. The van der Waals surface area contributed by atoms with Gasteiger partial charge in [0.15, 0.2) is 0 Å². The quantitative estimate of drug-likeness (QED) is 0.615. The van der Waals surface area contributed by atoms with Crippen LogP contribution in [-0.2, 0) is 11.8 Å². The maximum Gasteiger partial charge on any atom is 0.145 e. The van der Waals surface area contributed by atoms with Crippen molar-refractivity contribution >= 4 is 0 Å². The summed E-state index contributed by atoms with van der Waals surface area (Å²) in [7, 11) is 0. The lowest BCUT2D eigenvalue weighted by atomic mass is 9.45. The molecule has 0 unspecified atom stereocenters. The summed E-state index contributed by atoms with van der Waals surface area (Å²) >= 11 is 0. The fourth-order valence-electron chi connectivity index (χ4n) is 6.07. The molecule has 0 bridgehead atoms. The molecule has 1 fully saturated rings. The van der Waals surface area contributed by atoms with Gasteiger partial charge in [0.05, 0.1) is 6.20 Å². The molecule has 0 aromatic carbocycles. The Balaban J connectivity index is 1.88. The Hall–Kier alpha value is -1.31. The van der Waals surface area contributed by atoms with Crippen LogP contribution in [0.2, 0.25) is 0 Å². The lowest BCUT2D eigenvalue weighted by Crippen LogP contribution is -2.53. The number of rotatable bonds is 0. The molecule has 0 spiro atoms. The van der Waals surface area contributed by atoms with Gasteiger partial charge in [-0.3, -0.25) is 0 Å². The summed E-state index contributed by atoms with van der Waals surface area (Å²) in [6.45, 7) is 11.9. The molecular weight excluding hydrogens is 270 g/mol. The van der Waals surface area contributed by atoms with Gasteiger partial charge in [-0.05, 0) is 43.9 Å². The van der Waals surface area contributed by atoms with Crippen LogP contribution in [0.3, 0.4) is 0 Å². The van der Waals surface area contributed by atoms with Crippen LogP contribution in [0.1, 0.15) is 65.2 Å². The lowest BCUT2D eigenvalue weighted by Gasteiger charge is -2.58. The Morgan fingerprint density at radius 3 is 2.77 bits per heavy atom. The van der Waals surface area contributed by atoms with Gasteiger partial charge in [-0.25, -0.2) is 0 Å². The van der Waals surface area contributed by atoms with Gasteiger partial charge in [0, 0.05) is 16.4 Å². The zero-order chi connectivity index (χ0) is 15.8. The number of fused-ring (bicyclic) bond motifs is 4. The molecule has 1 saturated carbocycles. The van der Waals surface area contributed by atoms with Crippen LogP contribution in [0.5, 0.6) is 0 Å². The predicted molar refractivity (Wildman–Crippen MR) is 88.6 cm³/mol. The number of allylic oxidation sites excluding steroid dienone is 4. The van der Waals surface area contributed by atoms with E-state index in [0.29, 0.717) is 5.92 Å². The molecule has 2 nitrogen and oxygen atoms in total. The van der Waals surface area contributed by atoms with Crippen molar-refractivity contribution in [2.24, 2.45) is 16.7 Å². The maximum absolute atomic E-state index is 5.66. The van der Waals surface area contributed by atoms with Crippen molar-refractivity contribution in [1.29, 1.82) is 0 Å². The summed E-state index contributed by atoms with van der Waals surface area (Å²) in [5.41, 5.74) is 5.05. The monoisotopic (exact) mass is 297 g/mol. The summed E-state index contributed by atoms with van der Waals surface area (Å²) in [5, 5.41) is 4.12. The third-order valence-electron chi connectivity index (χ3n) is 6.80. The Kier molecular flexibility index (Phi) is 2.70.